The van der Waals surface area contributed by atoms with Gasteiger partial charge in [0.1, 0.15) is 0 Å². The summed E-state index contributed by atoms with van der Waals surface area (Å²) >= 11 is 0. The van der Waals surface area contributed by atoms with Gasteiger partial charge in [0.15, 0.2) is 0 Å². The van der Waals surface area contributed by atoms with Crippen LogP contribution in [-0.4, -0.2) is 18.8 Å². The molecule has 0 unspecified atom stereocenters. The van der Waals surface area contributed by atoms with Crippen molar-refractivity contribution < 1.29 is 4.74 Å². The Morgan fingerprint density at radius 3 is 2.45 bits per heavy atom. The number of nitrogens with two attached hydrogens (primary N) is 1. The molecule has 2 aromatic rings. The lowest BCUT2D eigenvalue weighted by atomic mass is 9.71. The third-order valence-corrected chi connectivity index (χ3v) is 4.37. The van der Waals surface area contributed by atoms with Crippen LogP contribution in [0.15, 0.2) is 42.5 Å². The largest absolute Gasteiger partial charge is 0.379 e. The van der Waals surface area contributed by atoms with Crippen LogP contribution in [-0.2, 0) is 10.2 Å². The number of hydrogen-bond donors (Lipinski definition) is 1. The fourth-order valence-corrected chi connectivity index (χ4v) is 3.03. The molecule has 3 rings (SSSR count). The normalized spacial score (nSPS) is 17.9. The molecule has 2 N–H and O–H groups in total. The first-order chi connectivity index (χ1) is 9.50. The highest BCUT2D eigenvalue weighted by Crippen LogP contribution is 2.41. The molecule has 0 atom stereocenters. The molecule has 0 aromatic heterocycles. The van der Waals surface area contributed by atoms with E-state index in [0.29, 0.717) is 0 Å². The number of hydrogen-bond acceptors (Lipinski definition) is 2. The van der Waals surface area contributed by atoms with Crippen molar-refractivity contribution in [2.45, 2.75) is 37.6 Å². The summed E-state index contributed by atoms with van der Waals surface area (Å²) in [4.78, 5) is 0. The van der Waals surface area contributed by atoms with Gasteiger partial charge in [-0.2, -0.15) is 0 Å². The average Bonchev–Trinajstić information content (AvgIpc) is 2.36. The summed E-state index contributed by atoms with van der Waals surface area (Å²) in [5, 5.41) is 2.66. The fraction of sp³-hybridized carbons (Fsp3) is 0.444. The van der Waals surface area contributed by atoms with Gasteiger partial charge in [0.2, 0.25) is 0 Å². The zero-order valence-corrected chi connectivity index (χ0v) is 12.4. The van der Waals surface area contributed by atoms with Gasteiger partial charge in [-0.15, -0.1) is 0 Å². The summed E-state index contributed by atoms with van der Waals surface area (Å²) in [6, 6.07) is 15.2. The first-order valence-electron chi connectivity index (χ1n) is 7.35. The van der Waals surface area contributed by atoms with Gasteiger partial charge in [-0.25, -0.2) is 0 Å². The van der Waals surface area contributed by atoms with Gasteiger partial charge in [0.05, 0.1) is 13.2 Å². The third kappa shape index (κ3) is 2.46. The second-order valence-corrected chi connectivity index (χ2v) is 6.79. The van der Waals surface area contributed by atoms with Crippen LogP contribution in [0.2, 0.25) is 0 Å². The lowest BCUT2D eigenvalue weighted by molar-refractivity contribution is -0.0661. The molecule has 0 amide bonds. The highest BCUT2D eigenvalue weighted by Gasteiger charge is 2.41. The Kier molecular flexibility index (Phi) is 3.31. The first-order valence-corrected chi connectivity index (χ1v) is 7.35. The number of ether oxygens (including phenoxy) is 1. The Balaban J connectivity index is 1.99. The van der Waals surface area contributed by atoms with E-state index in [4.69, 9.17) is 10.5 Å². The van der Waals surface area contributed by atoms with Crippen LogP contribution >= 0.6 is 0 Å². The van der Waals surface area contributed by atoms with E-state index in [-0.39, 0.29) is 11.0 Å². The Hall–Kier alpha value is -1.38. The minimum Gasteiger partial charge on any atom is -0.379 e. The van der Waals surface area contributed by atoms with Crippen LogP contribution in [0.3, 0.4) is 0 Å². The molecule has 2 heteroatoms. The van der Waals surface area contributed by atoms with Gasteiger partial charge < -0.3 is 10.5 Å². The topological polar surface area (TPSA) is 35.2 Å². The monoisotopic (exact) mass is 269 g/mol. The predicted molar refractivity (Wildman–Crippen MR) is 83.9 cm³/mol. The maximum Gasteiger partial charge on any atom is 0.0585 e. The standard InChI is InChI=1S/C18H23NO/c1-17(2,19)10-11-18(12-20-13-18)16-9-5-7-14-6-3-4-8-15(14)16/h3-9H,10-13,19H2,1-2H3. The number of fused-ring (bicyclic) bond motifs is 1. The SMILES string of the molecule is CC(C)(N)CCC1(c2cccc3ccccc23)COC1. The fourth-order valence-electron chi connectivity index (χ4n) is 3.03. The maximum absolute atomic E-state index is 6.17. The van der Waals surface area contributed by atoms with Crippen LogP contribution in [0.5, 0.6) is 0 Å². The predicted octanol–water partition coefficient (Wildman–Crippen LogP) is 3.63. The lowest BCUT2D eigenvalue weighted by Gasteiger charge is -2.44. The van der Waals surface area contributed by atoms with Gasteiger partial charge in [0.25, 0.3) is 0 Å². The highest BCUT2D eigenvalue weighted by atomic mass is 16.5. The molecular weight excluding hydrogens is 246 g/mol. The molecule has 2 nitrogen and oxygen atoms in total. The summed E-state index contributed by atoms with van der Waals surface area (Å²) in [6.07, 6.45) is 2.10. The molecule has 106 valence electrons. The van der Waals surface area contributed by atoms with Crippen molar-refractivity contribution in [3.8, 4) is 0 Å². The van der Waals surface area contributed by atoms with Gasteiger partial charge in [-0.3, -0.25) is 0 Å². The van der Waals surface area contributed by atoms with Crippen molar-refractivity contribution in [3.63, 3.8) is 0 Å². The summed E-state index contributed by atoms with van der Waals surface area (Å²) in [5.41, 5.74) is 7.63. The lowest BCUT2D eigenvalue weighted by Crippen LogP contribution is -2.48. The second-order valence-electron chi connectivity index (χ2n) is 6.79. The van der Waals surface area contributed by atoms with Gasteiger partial charge in [-0.1, -0.05) is 42.5 Å². The van der Waals surface area contributed by atoms with Gasteiger partial charge >= 0.3 is 0 Å². The molecule has 0 radical (unpaired) electrons. The summed E-state index contributed by atoms with van der Waals surface area (Å²) in [5.74, 6) is 0. The van der Waals surface area contributed by atoms with Gasteiger partial charge in [0, 0.05) is 11.0 Å². The minimum atomic E-state index is -0.118. The van der Waals surface area contributed by atoms with Gasteiger partial charge in [-0.05, 0) is 43.0 Å². The summed E-state index contributed by atoms with van der Waals surface area (Å²) < 4.78 is 5.57. The van der Waals surface area contributed by atoms with E-state index in [2.05, 4.69) is 56.3 Å². The van der Waals surface area contributed by atoms with E-state index in [1.54, 1.807) is 0 Å². The van der Waals surface area contributed by atoms with Crippen LogP contribution in [0.4, 0.5) is 0 Å². The third-order valence-electron chi connectivity index (χ3n) is 4.37. The highest BCUT2D eigenvalue weighted by molar-refractivity contribution is 5.86. The van der Waals surface area contributed by atoms with E-state index in [0.717, 1.165) is 26.1 Å². The Labute approximate surface area is 120 Å². The van der Waals surface area contributed by atoms with E-state index < -0.39 is 0 Å². The van der Waals surface area contributed by atoms with E-state index in [1.807, 2.05) is 0 Å². The molecule has 1 saturated heterocycles. The molecule has 0 bridgehead atoms. The van der Waals surface area contributed by atoms with Crippen molar-refractivity contribution in [1.29, 1.82) is 0 Å². The number of benzene rings is 2. The van der Waals surface area contributed by atoms with Crippen LogP contribution in [0.25, 0.3) is 10.8 Å². The molecule has 0 aliphatic carbocycles. The molecule has 1 aliphatic heterocycles. The van der Waals surface area contributed by atoms with E-state index in [9.17, 15) is 0 Å². The van der Waals surface area contributed by atoms with Crippen molar-refractivity contribution in [2.75, 3.05) is 13.2 Å². The molecule has 1 heterocycles. The smallest absolute Gasteiger partial charge is 0.0585 e. The van der Waals surface area contributed by atoms with Crippen LogP contribution in [0.1, 0.15) is 32.3 Å². The zero-order chi connectivity index (χ0) is 14.2. The minimum absolute atomic E-state index is 0.118. The molecule has 0 saturated carbocycles. The maximum atomic E-state index is 6.17. The Morgan fingerprint density at radius 1 is 1.10 bits per heavy atom. The van der Waals surface area contributed by atoms with Crippen LogP contribution < -0.4 is 5.73 Å². The van der Waals surface area contributed by atoms with Crippen LogP contribution in [0, 0.1) is 0 Å². The number of rotatable bonds is 4. The summed E-state index contributed by atoms with van der Waals surface area (Å²) in [6.45, 7) is 5.83. The molecule has 0 spiro atoms. The Morgan fingerprint density at radius 2 is 1.80 bits per heavy atom. The second kappa shape index (κ2) is 4.87. The van der Waals surface area contributed by atoms with Crippen molar-refractivity contribution in [2.24, 2.45) is 5.73 Å². The quantitative estimate of drug-likeness (QED) is 0.920. The zero-order valence-electron chi connectivity index (χ0n) is 12.4. The molecular formula is C18H23NO. The Bertz CT molecular complexity index is 603. The molecule has 1 fully saturated rings. The van der Waals surface area contributed by atoms with Crippen molar-refractivity contribution in [3.05, 3.63) is 48.0 Å². The van der Waals surface area contributed by atoms with Crippen molar-refractivity contribution in [1.82, 2.24) is 0 Å². The van der Waals surface area contributed by atoms with Crippen molar-refractivity contribution >= 4 is 10.8 Å². The first kappa shape index (κ1) is 13.6. The van der Waals surface area contributed by atoms with E-state index >= 15 is 0 Å². The molecule has 20 heavy (non-hydrogen) atoms. The molecule has 2 aromatic carbocycles. The molecule has 1 aliphatic rings. The van der Waals surface area contributed by atoms with E-state index in [1.165, 1.54) is 16.3 Å². The average molecular weight is 269 g/mol. The summed E-state index contributed by atoms with van der Waals surface area (Å²) in [7, 11) is 0.